The van der Waals surface area contributed by atoms with Crippen LogP contribution in [0.3, 0.4) is 0 Å². The lowest BCUT2D eigenvalue weighted by molar-refractivity contribution is -0.0222. The van der Waals surface area contributed by atoms with E-state index >= 15 is 0 Å². The molecule has 0 radical (unpaired) electrons. The van der Waals surface area contributed by atoms with Gasteiger partial charge in [-0.25, -0.2) is 18.6 Å². The van der Waals surface area contributed by atoms with Gasteiger partial charge in [0, 0.05) is 39.2 Å². The Morgan fingerprint density at radius 2 is 2.00 bits per heavy atom. The Bertz CT molecular complexity index is 434. The summed E-state index contributed by atoms with van der Waals surface area (Å²) in [7, 11) is 1.59. The van der Waals surface area contributed by atoms with Gasteiger partial charge < -0.3 is 4.90 Å². The molecule has 1 aromatic heterocycles. The second-order valence-electron chi connectivity index (χ2n) is 3.99. The molecule has 88 valence electrons. The van der Waals surface area contributed by atoms with Gasteiger partial charge in [0.1, 0.15) is 5.82 Å². The van der Waals surface area contributed by atoms with Crippen molar-refractivity contribution in [2.24, 2.45) is 7.05 Å². The fourth-order valence-corrected chi connectivity index (χ4v) is 1.84. The van der Waals surface area contributed by atoms with Crippen molar-refractivity contribution < 1.29 is 8.78 Å². The summed E-state index contributed by atoms with van der Waals surface area (Å²) in [4.78, 5) is 16.7. The van der Waals surface area contributed by atoms with Gasteiger partial charge in [-0.3, -0.25) is 4.57 Å². The number of rotatable bonds is 1. The van der Waals surface area contributed by atoms with Gasteiger partial charge in [0.05, 0.1) is 0 Å². The molecule has 0 amide bonds. The molecule has 1 saturated heterocycles. The molecular weight excluding hydrogens is 216 g/mol. The highest BCUT2D eigenvalue weighted by molar-refractivity contribution is 5.38. The highest BCUT2D eigenvalue weighted by Gasteiger charge is 2.34. The summed E-state index contributed by atoms with van der Waals surface area (Å²) >= 11 is 0. The van der Waals surface area contributed by atoms with Crippen LogP contribution < -0.4 is 10.6 Å². The molecule has 1 aliphatic heterocycles. The molecule has 0 unspecified atom stereocenters. The predicted molar refractivity (Wildman–Crippen MR) is 55.9 cm³/mol. The molecule has 0 bridgehead atoms. The van der Waals surface area contributed by atoms with Crippen molar-refractivity contribution in [2.45, 2.75) is 18.8 Å². The fraction of sp³-hybridized carbons (Fsp3) is 0.600. The zero-order valence-corrected chi connectivity index (χ0v) is 8.99. The smallest absolute Gasteiger partial charge is 0.348 e. The van der Waals surface area contributed by atoms with Crippen LogP contribution in [-0.2, 0) is 7.05 Å². The molecule has 1 aromatic rings. The minimum Gasteiger partial charge on any atom is -0.357 e. The van der Waals surface area contributed by atoms with Crippen LogP contribution in [0.5, 0.6) is 0 Å². The summed E-state index contributed by atoms with van der Waals surface area (Å²) in [6, 6.07) is 1.67. The van der Waals surface area contributed by atoms with Crippen molar-refractivity contribution >= 4 is 5.82 Å². The molecule has 0 aromatic carbocycles. The van der Waals surface area contributed by atoms with Gasteiger partial charge in [-0.1, -0.05) is 0 Å². The van der Waals surface area contributed by atoms with E-state index in [2.05, 4.69) is 4.98 Å². The topological polar surface area (TPSA) is 38.1 Å². The number of hydrogen-bond acceptors (Lipinski definition) is 3. The van der Waals surface area contributed by atoms with Gasteiger partial charge in [0.25, 0.3) is 5.92 Å². The van der Waals surface area contributed by atoms with Gasteiger partial charge >= 0.3 is 5.69 Å². The summed E-state index contributed by atoms with van der Waals surface area (Å²) in [5.41, 5.74) is -0.366. The number of nitrogens with zero attached hydrogens (tertiary/aromatic N) is 3. The van der Waals surface area contributed by atoms with Crippen LogP contribution in [0.1, 0.15) is 12.8 Å². The Morgan fingerprint density at radius 3 is 2.62 bits per heavy atom. The molecule has 0 spiro atoms. The zero-order valence-electron chi connectivity index (χ0n) is 8.99. The molecule has 0 N–H and O–H groups in total. The second kappa shape index (κ2) is 3.84. The van der Waals surface area contributed by atoms with Crippen LogP contribution in [0.2, 0.25) is 0 Å². The molecule has 4 nitrogen and oxygen atoms in total. The third kappa shape index (κ3) is 2.05. The first-order chi connectivity index (χ1) is 7.49. The quantitative estimate of drug-likeness (QED) is 0.721. The second-order valence-corrected chi connectivity index (χ2v) is 3.99. The Kier molecular flexibility index (Phi) is 2.65. The molecule has 0 atom stereocenters. The van der Waals surface area contributed by atoms with Crippen LogP contribution in [0, 0.1) is 0 Å². The molecule has 6 heteroatoms. The van der Waals surface area contributed by atoms with Crippen LogP contribution in [0.4, 0.5) is 14.6 Å². The third-order valence-corrected chi connectivity index (χ3v) is 2.86. The Hall–Kier alpha value is -1.46. The highest BCUT2D eigenvalue weighted by atomic mass is 19.3. The minimum absolute atomic E-state index is 0.163. The van der Waals surface area contributed by atoms with Crippen molar-refractivity contribution in [2.75, 3.05) is 18.0 Å². The van der Waals surface area contributed by atoms with Crippen molar-refractivity contribution in [3.8, 4) is 0 Å². The van der Waals surface area contributed by atoms with Crippen molar-refractivity contribution in [1.82, 2.24) is 9.55 Å². The molecule has 1 aliphatic rings. The largest absolute Gasteiger partial charge is 0.357 e. The van der Waals surface area contributed by atoms with Crippen LogP contribution in [-0.4, -0.2) is 28.6 Å². The van der Waals surface area contributed by atoms with Crippen LogP contribution in [0.15, 0.2) is 17.1 Å². The molecule has 1 fully saturated rings. The van der Waals surface area contributed by atoms with E-state index in [1.165, 1.54) is 10.8 Å². The molecule has 16 heavy (non-hydrogen) atoms. The van der Waals surface area contributed by atoms with Crippen molar-refractivity contribution in [3.05, 3.63) is 22.7 Å². The van der Waals surface area contributed by atoms with Crippen LogP contribution >= 0.6 is 0 Å². The summed E-state index contributed by atoms with van der Waals surface area (Å²) in [5.74, 6) is -1.92. The number of halogens is 2. The lowest BCUT2D eigenvalue weighted by Gasteiger charge is -2.33. The first-order valence-electron chi connectivity index (χ1n) is 5.14. The van der Waals surface area contributed by atoms with Gasteiger partial charge in [-0.05, 0) is 6.07 Å². The summed E-state index contributed by atoms with van der Waals surface area (Å²) in [6.07, 6.45) is 1.08. The molecule has 0 aliphatic carbocycles. The molecule has 0 saturated carbocycles. The number of alkyl halides is 2. The van der Waals surface area contributed by atoms with Gasteiger partial charge in [-0.15, -0.1) is 0 Å². The highest BCUT2D eigenvalue weighted by Crippen LogP contribution is 2.29. The number of aromatic nitrogens is 2. The molecule has 2 rings (SSSR count). The van der Waals surface area contributed by atoms with E-state index in [1.807, 2.05) is 0 Å². The van der Waals surface area contributed by atoms with E-state index in [1.54, 1.807) is 18.0 Å². The Balaban J connectivity index is 2.21. The predicted octanol–water partition coefficient (Wildman–Crippen LogP) is 1.02. The number of hydrogen-bond donors (Lipinski definition) is 0. The van der Waals surface area contributed by atoms with E-state index in [4.69, 9.17) is 0 Å². The van der Waals surface area contributed by atoms with Crippen LogP contribution in [0.25, 0.3) is 0 Å². The minimum atomic E-state index is -2.57. The first-order valence-corrected chi connectivity index (χ1v) is 5.14. The summed E-state index contributed by atoms with van der Waals surface area (Å²) in [5, 5.41) is 0. The van der Waals surface area contributed by atoms with E-state index in [0.29, 0.717) is 5.82 Å². The monoisotopic (exact) mass is 229 g/mol. The Labute approximate surface area is 91.5 Å². The van der Waals surface area contributed by atoms with Gasteiger partial charge in [-0.2, -0.15) is 0 Å². The van der Waals surface area contributed by atoms with Crippen molar-refractivity contribution in [1.29, 1.82) is 0 Å². The van der Waals surface area contributed by atoms with E-state index in [0.717, 1.165) is 0 Å². The van der Waals surface area contributed by atoms with E-state index in [-0.39, 0.29) is 31.6 Å². The SMILES string of the molecule is Cn1c(N2CCC(F)(F)CC2)ccnc1=O. The molecule has 2 heterocycles. The number of anilines is 1. The maximum absolute atomic E-state index is 13.0. The average molecular weight is 229 g/mol. The first kappa shape index (κ1) is 11.0. The van der Waals surface area contributed by atoms with Gasteiger partial charge in [0.15, 0.2) is 0 Å². The van der Waals surface area contributed by atoms with E-state index in [9.17, 15) is 13.6 Å². The van der Waals surface area contributed by atoms with E-state index < -0.39 is 5.92 Å². The summed E-state index contributed by atoms with van der Waals surface area (Å²) < 4.78 is 27.3. The fourth-order valence-electron chi connectivity index (χ4n) is 1.84. The standard InChI is InChI=1S/C10H13F2N3O/c1-14-8(2-5-13-9(14)16)15-6-3-10(11,12)4-7-15/h2,5H,3-4,6-7H2,1H3. The lowest BCUT2D eigenvalue weighted by Crippen LogP contribution is -2.41. The van der Waals surface area contributed by atoms with Crippen molar-refractivity contribution in [3.63, 3.8) is 0 Å². The maximum Gasteiger partial charge on any atom is 0.348 e. The lowest BCUT2D eigenvalue weighted by atomic mass is 10.1. The summed E-state index contributed by atoms with van der Waals surface area (Å²) in [6.45, 7) is 0.536. The average Bonchev–Trinajstić information content (AvgIpc) is 2.23. The molecular formula is C10H13F2N3O. The maximum atomic E-state index is 13.0. The van der Waals surface area contributed by atoms with Gasteiger partial charge in [0.2, 0.25) is 0 Å². The third-order valence-electron chi connectivity index (χ3n) is 2.86. The normalized spacial score (nSPS) is 19.8. The Morgan fingerprint density at radius 1 is 1.38 bits per heavy atom. The number of piperidine rings is 1. The zero-order chi connectivity index (χ0) is 11.8.